The summed E-state index contributed by atoms with van der Waals surface area (Å²) in [7, 11) is 0. The molecule has 4 aromatic heterocycles. The van der Waals surface area contributed by atoms with Crippen molar-refractivity contribution in [3.05, 3.63) is 144 Å². The Morgan fingerprint density at radius 3 is 1.33 bits per heavy atom. The number of anilines is 2. The molecule has 8 aromatic rings. The van der Waals surface area contributed by atoms with Gasteiger partial charge in [-0.1, -0.05) is 86.3 Å². The zero-order chi connectivity index (χ0) is 64.5. The van der Waals surface area contributed by atoms with Crippen LogP contribution in [0.2, 0.25) is 0 Å². The molecule has 0 spiro atoms. The summed E-state index contributed by atoms with van der Waals surface area (Å²) in [4.78, 5) is 56.8. The number of aromatic nitrogens is 6. The van der Waals surface area contributed by atoms with Crippen LogP contribution >= 0.6 is 0 Å². The first-order valence-corrected chi connectivity index (χ1v) is 33.1. The number of piperidine rings is 2. The molecule has 6 atom stereocenters. The third-order valence-corrected chi connectivity index (χ3v) is 17.9. The Hall–Kier alpha value is -8.48. The molecule has 484 valence electrons. The number of benzene rings is 4. The molecular weight excluding hydrogens is 1160 g/mol. The van der Waals surface area contributed by atoms with Crippen molar-refractivity contribution in [1.29, 1.82) is 0 Å². The van der Waals surface area contributed by atoms with Gasteiger partial charge in [0.05, 0.1) is 34.7 Å². The van der Waals surface area contributed by atoms with Crippen LogP contribution in [0, 0.1) is 25.7 Å². The zero-order valence-electron chi connectivity index (χ0n) is 54.7. The molecule has 4 fully saturated rings. The van der Waals surface area contributed by atoms with Crippen molar-refractivity contribution < 1.29 is 38.7 Å². The van der Waals surface area contributed by atoms with E-state index in [-0.39, 0.29) is 48.3 Å². The summed E-state index contributed by atoms with van der Waals surface area (Å²) in [6, 6.07) is 32.6. The number of carbonyl (C=O) groups is 2. The van der Waals surface area contributed by atoms with Crippen LogP contribution in [0.25, 0.3) is 44.1 Å². The van der Waals surface area contributed by atoms with E-state index in [1.807, 2.05) is 91.8 Å². The summed E-state index contributed by atoms with van der Waals surface area (Å²) in [6.45, 7) is 17.7. The molecule has 18 heteroatoms. The highest BCUT2D eigenvalue weighted by Crippen LogP contribution is 2.42. The first-order valence-electron chi connectivity index (χ1n) is 33.1. The predicted octanol–water partition coefficient (Wildman–Crippen LogP) is 15.4. The van der Waals surface area contributed by atoms with Gasteiger partial charge >= 0.3 is 12.2 Å². The number of pyridine rings is 2. The van der Waals surface area contributed by atoms with Crippen molar-refractivity contribution in [2.45, 2.75) is 181 Å². The highest BCUT2D eigenvalue weighted by molar-refractivity contribution is 5.93. The maximum atomic E-state index is 12.7. The lowest BCUT2D eigenvalue weighted by atomic mass is 9.81. The Labute approximate surface area is 541 Å². The monoisotopic (exact) mass is 1250 g/mol. The third kappa shape index (κ3) is 16.4. The average Bonchev–Trinajstić information content (AvgIpc) is 0.827. The summed E-state index contributed by atoms with van der Waals surface area (Å²) in [5, 5.41) is 32.5. The molecule has 6 heterocycles. The minimum absolute atomic E-state index is 0.00314. The van der Waals surface area contributed by atoms with Gasteiger partial charge in [-0.15, -0.1) is 0 Å². The van der Waals surface area contributed by atoms with Gasteiger partial charge in [-0.05, 0) is 201 Å². The Bertz CT molecular complexity index is 3620. The van der Waals surface area contributed by atoms with Gasteiger partial charge in [-0.3, -0.25) is 0 Å². The van der Waals surface area contributed by atoms with Crippen LogP contribution in [0.3, 0.4) is 0 Å². The number of nitrogens with zero attached hydrogens (tertiary/aromatic N) is 8. The lowest BCUT2D eigenvalue weighted by Gasteiger charge is -2.34. The van der Waals surface area contributed by atoms with E-state index in [1.54, 1.807) is 34.6 Å². The molecule has 12 rings (SSSR count). The third-order valence-electron chi connectivity index (χ3n) is 17.9. The number of aliphatic hydroxyl groups is 2. The number of ether oxygens (including phenoxy) is 4. The van der Waals surface area contributed by atoms with Gasteiger partial charge in [0.25, 0.3) is 0 Å². The number of carbonyl (C=O) groups excluding carboxylic acids is 2. The number of likely N-dealkylation sites (tertiary alicyclic amines) is 2. The Balaban J connectivity index is 0.000000188. The van der Waals surface area contributed by atoms with Crippen LogP contribution < -0.4 is 20.1 Å². The first-order chi connectivity index (χ1) is 44.3. The van der Waals surface area contributed by atoms with Crippen molar-refractivity contribution in [1.82, 2.24) is 39.7 Å². The van der Waals surface area contributed by atoms with Crippen molar-refractivity contribution in [2.24, 2.45) is 11.8 Å². The highest BCUT2D eigenvalue weighted by Gasteiger charge is 2.32. The molecule has 2 saturated heterocycles. The number of nitrogens with one attached hydrogen (secondary N) is 2. The molecule has 0 bridgehead atoms. The Morgan fingerprint density at radius 2 is 0.913 bits per heavy atom. The summed E-state index contributed by atoms with van der Waals surface area (Å²) >= 11 is 0. The second-order valence-corrected chi connectivity index (χ2v) is 27.3. The van der Waals surface area contributed by atoms with Gasteiger partial charge < -0.3 is 49.6 Å². The van der Waals surface area contributed by atoms with Gasteiger partial charge in [0.15, 0.2) is 0 Å². The van der Waals surface area contributed by atoms with Crippen LogP contribution in [0.5, 0.6) is 23.3 Å². The minimum atomic E-state index is -0.538. The quantitative estimate of drug-likeness (QED) is 0.0795. The summed E-state index contributed by atoms with van der Waals surface area (Å²) in [5.74, 6) is 3.98. The minimum Gasteiger partial charge on any atom is -0.444 e. The Kier molecular flexibility index (Phi) is 20.5. The number of amides is 2. The molecule has 4 aliphatic rings. The van der Waals surface area contributed by atoms with Crippen LogP contribution in [0.1, 0.15) is 141 Å². The molecule has 92 heavy (non-hydrogen) atoms. The molecule has 2 aliphatic carbocycles. The fourth-order valence-electron chi connectivity index (χ4n) is 13.3. The second-order valence-electron chi connectivity index (χ2n) is 27.3. The number of hydrogen-bond donors (Lipinski definition) is 4. The van der Waals surface area contributed by atoms with Crippen molar-refractivity contribution in [2.75, 3.05) is 36.8 Å². The molecule has 2 amide bonds. The topological polar surface area (TPSA) is 219 Å². The number of hydrogen-bond acceptors (Lipinski definition) is 16. The zero-order valence-corrected chi connectivity index (χ0v) is 54.7. The molecule has 0 radical (unpaired) electrons. The second kappa shape index (κ2) is 29.0. The van der Waals surface area contributed by atoms with E-state index in [2.05, 4.69) is 91.2 Å². The van der Waals surface area contributed by atoms with Gasteiger partial charge in [0.2, 0.25) is 23.7 Å². The molecule has 18 nitrogen and oxygen atoms in total. The van der Waals surface area contributed by atoms with Crippen molar-refractivity contribution in [3.63, 3.8) is 0 Å². The molecule has 0 unspecified atom stereocenters. The lowest BCUT2D eigenvalue weighted by Crippen LogP contribution is -2.47. The number of aliphatic hydroxyl groups excluding tert-OH is 2. The van der Waals surface area contributed by atoms with E-state index in [4.69, 9.17) is 28.9 Å². The van der Waals surface area contributed by atoms with Gasteiger partial charge in [0.1, 0.15) is 22.7 Å². The standard InChI is InChI=1S/2C37H45N5O4/c2*1-24-16-17-28-25(22-26-10-5-6-15-32(26)43)11-7-13-29(28)33(24)45-34-30(14-8-19-38-34)31-18-20-39-35(41-31)40-27-12-9-21-42(23-27)36(44)46-37(2,3)4/h2*7-8,11,13-14,16-20,26-27,32,43H,5-6,9-10,12,15,21-23H2,1-4H3,(H,39,40,41)/t26-,27+,32+;26-,27-,32+/m10/s1. The largest absolute Gasteiger partial charge is 0.444 e. The van der Waals surface area contributed by atoms with Crippen molar-refractivity contribution in [3.8, 4) is 45.8 Å². The summed E-state index contributed by atoms with van der Waals surface area (Å²) < 4.78 is 24.5. The van der Waals surface area contributed by atoms with Gasteiger partial charge in [0, 0.05) is 73.8 Å². The normalized spacial score (nSPS) is 20.4. The lowest BCUT2D eigenvalue weighted by molar-refractivity contribution is 0.0196. The summed E-state index contributed by atoms with van der Waals surface area (Å²) in [6.07, 6.45) is 19.5. The van der Waals surface area contributed by atoms with Crippen LogP contribution in [-0.2, 0) is 22.3 Å². The number of aryl methyl sites for hydroxylation is 2. The van der Waals surface area contributed by atoms with E-state index < -0.39 is 11.2 Å². The Morgan fingerprint density at radius 1 is 0.489 bits per heavy atom. The molecule has 4 N–H and O–H groups in total. The maximum absolute atomic E-state index is 12.7. The van der Waals surface area contributed by atoms with E-state index in [0.29, 0.717) is 61.2 Å². The maximum Gasteiger partial charge on any atom is 0.410 e. The molecule has 2 aliphatic heterocycles. The van der Waals surface area contributed by atoms with E-state index in [9.17, 15) is 19.8 Å². The number of fused-ring (bicyclic) bond motifs is 2. The van der Waals surface area contributed by atoms with E-state index in [1.165, 1.54) is 24.0 Å². The van der Waals surface area contributed by atoms with Crippen LogP contribution in [0.15, 0.2) is 122 Å². The summed E-state index contributed by atoms with van der Waals surface area (Å²) in [5.41, 5.74) is 6.29. The van der Waals surface area contributed by atoms with Gasteiger partial charge in [-0.2, -0.15) is 0 Å². The highest BCUT2D eigenvalue weighted by atomic mass is 16.6. The average molecular weight is 1250 g/mol. The fourth-order valence-corrected chi connectivity index (χ4v) is 13.3. The van der Waals surface area contributed by atoms with Crippen LogP contribution in [-0.4, -0.2) is 124 Å². The first kappa shape index (κ1) is 65.0. The SMILES string of the molecule is Cc1ccc2c(C[C@@H]3CCCC[C@H]3O)cccc2c1Oc1ncccc1-c1ccnc(N[C@H]2CCCN(C(=O)OC(C)(C)C)C2)n1.Cc1ccc2c(C[C@H]3CCCC[C@@H]3O)cccc2c1Oc1ncccc1-c1ccnc(N[C@H]2CCCN(C(=O)OC(C)(C)C)C2)n1. The van der Waals surface area contributed by atoms with Gasteiger partial charge in [-0.25, -0.2) is 39.5 Å². The molecular formula is C74H90N10O8. The van der Waals surface area contributed by atoms with Crippen molar-refractivity contribution >= 4 is 45.6 Å². The van der Waals surface area contributed by atoms with Crippen LogP contribution in [0.4, 0.5) is 21.5 Å². The predicted molar refractivity (Wildman–Crippen MR) is 360 cm³/mol. The van der Waals surface area contributed by atoms with E-state index in [0.717, 1.165) is 132 Å². The molecule has 4 aromatic carbocycles. The molecule has 2 saturated carbocycles. The van der Waals surface area contributed by atoms with E-state index >= 15 is 0 Å². The fraction of sp³-hybridized carbons (Fsp3) is 0.459. The smallest absolute Gasteiger partial charge is 0.410 e. The number of rotatable bonds is 14.